The Bertz CT molecular complexity index is 159. The standard InChI is InChI=1S/C10H18O2/c1-5-6-10(12-4)7-8(2)9(3)11/h5,7,9-11H,1,6H2,2-4H3/b8-7+. The first kappa shape index (κ1) is 11.4. The molecule has 2 nitrogen and oxygen atoms in total. The molecule has 2 atom stereocenters. The van der Waals surface area contributed by atoms with Crippen LogP contribution >= 0.6 is 0 Å². The molecule has 0 aromatic carbocycles. The van der Waals surface area contributed by atoms with Crippen LogP contribution in [0.5, 0.6) is 0 Å². The van der Waals surface area contributed by atoms with Gasteiger partial charge in [-0.25, -0.2) is 0 Å². The average Bonchev–Trinajstić information content (AvgIpc) is 2.03. The third-order valence-corrected chi connectivity index (χ3v) is 1.81. The van der Waals surface area contributed by atoms with E-state index in [2.05, 4.69) is 6.58 Å². The summed E-state index contributed by atoms with van der Waals surface area (Å²) in [6, 6.07) is 0. The minimum Gasteiger partial charge on any atom is -0.389 e. The topological polar surface area (TPSA) is 29.5 Å². The van der Waals surface area contributed by atoms with Crippen molar-refractivity contribution < 1.29 is 9.84 Å². The summed E-state index contributed by atoms with van der Waals surface area (Å²) in [5.74, 6) is 0. The van der Waals surface area contributed by atoms with Crippen LogP contribution in [0.4, 0.5) is 0 Å². The van der Waals surface area contributed by atoms with Gasteiger partial charge < -0.3 is 9.84 Å². The van der Waals surface area contributed by atoms with Crippen molar-refractivity contribution >= 4 is 0 Å². The molecule has 12 heavy (non-hydrogen) atoms. The average molecular weight is 170 g/mol. The second kappa shape index (κ2) is 5.98. The molecular formula is C10H18O2. The number of rotatable bonds is 5. The first-order valence-corrected chi connectivity index (χ1v) is 4.11. The maximum absolute atomic E-state index is 9.18. The number of ether oxygens (including phenoxy) is 1. The van der Waals surface area contributed by atoms with Crippen molar-refractivity contribution in [2.75, 3.05) is 7.11 Å². The Kier molecular flexibility index (Phi) is 5.68. The van der Waals surface area contributed by atoms with E-state index in [-0.39, 0.29) is 6.10 Å². The van der Waals surface area contributed by atoms with E-state index >= 15 is 0 Å². The van der Waals surface area contributed by atoms with Crippen LogP contribution in [0.25, 0.3) is 0 Å². The maximum atomic E-state index is 9.18. The van der Waals surface area contributed by atoms with Gasteiger partial charge in [0.15, 0.2) is 0 Å². The largest absolute Gasteiger partial charge is 0.389 e. The van der Waals surface area contributed by atoms with Crippen molar-refractivity contribution in [2.45, 2.75) is 32.5 Å². The van der Waals surface area contributed by atoms with E-state index in [0.29, 0.717) is 0 Å². The van der Waals surface area contributed by atoms with Crippen molar-refractivity contribution in [3.8, 4) is 0 Å². The summed E-state index contributed by atoms with van der Waals surface area (Å²) in [7, 11) is 1.65. The number of hydrogen-bond donors (Lipinski definition) is 1. The third-order valence-electron chi connectivity index (χ3n) is 1.81. The molecule has 0 radical (unpaired) electrons. The minimum absolute atomic E-state index is 0.0390. The fourth-order valence-electron chi connectivity index (χ4n) is 0.829. The van der Waals surface area contributed by atoms with Crippen LogP contribution in [0, 0.1) is 0 Å². The normalized spacial score (nSPS) is 17.2. The molecule has 0 aliphatic rings. The van der Waals surface area contributed by atoms with Crippen LogP contribution in [0.1, 0.15) is 20.3 Å². The van der Waals surface area contributed by atoms with Crippen molar-refractivity contribution in [3.63, 3.8) is 0 Å². The molecule has 0 rings (SSSR count). The summed E-state index contributed by atoms with van der Waals surface area (Å²) in [5, 5.41) is 9.18. The summed E-state index contributed by atoms with van der Waals surface area (Å²) in [5.41, 5.74) is 0.934. The Hall–Kier alpha value is -0.600. The monoisotopic (exact) mass is 170 g/mol. The molecule has 0 aromatic heterocycles. The smallest absolute Gasteiger partial charge is 0.0789 e. The zero-order valence-electron chi connectivity index (χ0n) is 8.08. The van der Waals surface area contributed by atoms with Gasteiger partial charge >= 0.3 is 0 Å². The van der Waals surface area contributed by atoms with Gasteiger partial charge in [-0.2, -0.15) is 0 Å². The molecule has 0 heterocycles. The lowest BCUT2D eigenvalue weighted by Gasteiger charge is -2.11. The molecule has 0 saturated heterocycles. The van der Waals surface area contributed by atoms with E-state index in [0.717, 1.165) is 12.0 Å². The van der Waals surface area contributed by atoms with E-state index in [1.807, 2.05) is 13.0 Å². The van der Waals surface area contributed by atoms with E-state index in [1.54, 1.807) is 20.1 Å². The number of aliphatic hydroxyl groups is 1. The van der Waals surface area contributed by atoms with Gasteiger partial charge in [0.25, 0.3) is 0 Å². The van der Waals surface area contributed by atoms with Gasteiger partial charge in [0.1, 0.15) is 0 Å². The first-order chi connectivity index (χ1) is 5.61. The molecular weight excluding hydrogens is 152 g/mol. The molecule has 1 N–H and O–H groups in total. The van der Waals surface area contributed by atoms with E-state index in [1.165, 1.54) is 0 Å². The summed E-state index contributed by atoms with van der Waals surface area (Å²) in [6.45, 7) is 7.26. The van der Waals surface area contributed by atoms with Crippen LogP contribution < -0.4 is 0 Å². The number of hydrogen-bond acceptors (Lipinski definition) is 2. The predicted octanol–water partition coefficient (Wildman–Crippen LogP) is 1.90. The fourth-order valence-corrected chi connectivity index (χ4v) is 0.829. The lowest BCUT2D eigenvalue weighted by molar-refractivity contribution is 0.140. The molecule has 0 aliphatic heterocycles. The van der Waals surface area contributed by atoms with Crippen molar-refractivity contribution in [2.24, 2.45) is 0 Å². The predicted molar refractivity (Wildman–Crippen MR) is 51.0 cm³/mol. The molecule has 0 amide bonds. The Morgan fingerprint density at radius 1 is 1.67 bits per heavy atom. The van der Waals surface area contributed by atoms with E-state index in [4.69, 9.17) is 4.74 Å². The van der Waals surface area contributed by atoms with Gasteiger partial charge in [0, 0.05) is 7.11 Å². The quantitative estimate of drug-likeness (QED) is 0.639. The Morgan fingerprint density at radius 2 is 2.25 bits per heavy atom. The Morgan fingerprint density at radius 3 is 2.58 bits per heavy atom. The third kappa shape index (κ3) is 4.31. The summed E-state index contributed by atoms with van der Waals surface area (Å²) in [6.07, 6.45) is 4.15. The molecule has 0 aliphatic carbocycles. The fraction of sp³-hybridized carbons (Fsp3) is 0.600. The lowest BCUT2D eigenvalue weighted by atomic mass is 10.1. The van der Waals surface area contributed by atoms with Crippen LogP contribution in [-0.2, 0) is 4.74 Å². The second-order valence-electron chi connectivity index (χ2n) is 2.89. The highest BCUT2D eigenvalue weighted by atomic mass is 16.5. The highest BCUT2D eigenvalue weighted by Gasteiger charge is 2.04. The zero-order chi connectivity index (χ0) is 9.56. The van der Waals surface area contributed by atoms with Gasteiger partial charge in [-0.15, -0.1) is 6.58 Å². The van der Waals surface area contributed by atoms with Gasteiger partial charge in [0.2, 0.25) is 0 Å². The van der Waals surface area contributed by atoms with E-state index < -0.39 is 6.10 Å². The van der Waals surface area contributed by atoms with Crippen LogP contribution in [0.2, 0.25) is 0 Å². The van der Waals surface area contributed by atoms with Crippen molar-refractivity contribution in [3.05, 3.63) is 24.3 Å². The number of methoxy groups -OCH3 is 1. The molecule has 0 bridgehead atoms. The van der Waals surface area contributed by atoms with Gasteiger partial charge in [-0.1, -0.05) is 12.2 Å². The molecule has 0 aromatic rings. The number of aliphatic hydroxyl groups excluding tert-OH is 1. The highest BCUT2D eigenvalue weighted by molar-refractivity contribution is 5.07. The Labute approximate surface area is 74.6 Å². The second-order valence-corrected chi connectivity index (χ2v) is 2.89. The summed E-state index contributed by atoms with van der Waals surface area (Å²) >= 11 is 0. The van der Waals surface area contributed by atoms with Crippen LogP contribution in [0.15, 0.2) is 24.3 Å². The molecule has 70 valence electrons. The zero-order valence-corrected chi connectivity index (χ0v) is 8.08. The lowest BCUT2D eigenvalue weighted by Crippen LogP contribution is -2.10. The minimum atomic E-state index is -0.396. The van der Waals surface area contributed by atoms with Crippen molar-refractivity contribution in [1.29, 1.82) is 0 Å². The van der Waals surface area contributed by atoms with Crippen molar-refractivity contribution in [1.82, 2.24) is 0 Å². The molecule has 2 heteroatoms. The van der Waals surface area contributed by atoms with Gasteiger partial charge in [0.05, 0.1) is 12.2 Å². The van der Waals surface area contributed by atoms with Crippen LogP contribution in [-0.4, -0.2) is 24.4 Å². The summed E-state index contributed by atoms with van der Waals surface area (Å²) < 4.78 is 5.15. The molecule has 0 fully saturated rings. The molecule has 0 spiro atoms. The SMILES string of the molecule is C=CCC(/C=C(\C)C(C)O)OC. The van der Waals surface area contributed by atoms with E-state index in [9.17, 15) is 5.11 Å². The Balaban J connectivity index is 4.14. The summed E-state index contributed by atoms with van der Waals surface area (Å²) in [4.78, 5) is 0. The van der Waals surface area contributed by atoms with Gasteiger partial charge in [-0.05, 0) is 25.8 Å². The molecule has 2 unspecified atom stereocenters. The first-order valence-electron chi connectivity index (χ1n) is 4.11. The molecule has 0 saturated carbocycles. The van der Waals surface area contributed by atoms with Crippen LogP contribution in [0.3, 0.4) is 0 Å². The highest BCUT2D eigenvalue weighted by Crippen LogP contribution is 2.07. The maximum Gasteiger partial charge on any atom is 0.0789 e. The van der Waals surface area contributed by atoms with Gasteiger partial charge in [-0.3, -0.25) is 0 Å².